The van der Waals surface area contributed by atoms with E-state index in [-0.39, 0.29) is 12.1 Å². The molecule has 0 aromatic carbocycles. The van der Waals surface area contributed by atoms with Gasteiger partial charge in [0, 0.05) is 19.3 Å². The van der Waals surface area contributed by atoms with Crippen LogP contribution in [0, 0.1) is 41.4 Å². The number of thioether (sulfide) groups is 1. The second-order valence-electron chi connectivity index (χ2n) is 8.23. The molecule has 0 bridgehead atoms. The standard InChI is InChI=1S/C24H40O3S/c1-6-7-8-10-18(2)19(3)12-13-21-20(4)17-23(25)22(21)14-16-28-15-9-11-24(26)27-5/h12-13,18-23,25H,6,9-11,14-17H2,1-5H3/b13-12+/t18-,19?,20+,21-,22+,23-/m0/s1. The van der Waals surface area contributed by atoms with Gasteiger partial charge in [-0.15, -0.1) is 11.8 Å². The highest BCUT2D eigenvalue weighted by Crippen LogP contribution is 2.41. The third-order valence-corrected chi connectivity index (χ3v) is 7.11. The fraction of sp³-hybridized carbons (Fsp3) is 0.792. The zero-order valence-electron chi connectivity index (χ0n) is 18.4. The van der Waals surface area contributed by atoms with Gasteiger partial charge in [-0.05, 0) is 60.4 Å². The SMILES string of the molecule is CCC#CC[C@H](C)C(C)/C=C/[C@@H]1[C@@H](CCSCCCC(=O)OC)[C@@H](O)C[C@H]1C. The van der Waals surface area contributed by atoms with E-state index in [0.29, 0.717) is 36.0 Å². The molecule has 0 spiro atoms. The third kappa shape index (κ3) is 9.05. The first-order chi connectivity index (χ1) is 13.4. The first-order valence-electron chi connectivity index (χ1n) is 10.9. The zero-order valence-corrected chi connectivity index (χ0v) is 19.3. The highest BCUT2D eigenvalue weighted by Gasteiger charge is 2.38. The molecule has 1 rings (SSSR count). The van der Waals surface area contributed by atoms with Crippen LogP contribution in [0.4, 0.5) is 0 Å². The van der Waals surface area contributed by atoms with E-state index in [0.717, 1.165) is 43.6 Å². The zero-order chi connectivity index (χ0) is 20.9. The minimum Gasteiger partial charge on any atom is -0.469 e. The molecule has 1 saturated carbocycles. The van der Waals surface area contributed by atoms with Crippen LogP contribution in [0.5, 0.6) is 0 Å². The largest absolute Gasteiger partial charge is 0.469 e. The molecule has 28 heavy (non-hydrogen) atoms. The van der Waals surface area contributed by atoms with Crippen molar-refractivity contribution in [2.75, 3.05) is 18.6 Å². The second kappa shape index (κ2) is 14.1. The number of rotatable bonds is 11. The van der Waals surface area contributed by atoms with Gasteiger partial charge >= 0.3 is 5.97 Å². The number of carbonyl (C=O) groups is 1. The fourth-order valence-electron chi connectivity index (χ4n) is 3.89. The van der Waals surface area contributed by atoms with E-state index in [1.165, 1.54) is 7.11 Å². The summed E-state index contributed by atoms with van der Waals surface area (Å²) in [5, 5.41) is 10.5. The van der Waals surface area contributed by atoms with Gasteiger partial charge in [-0.25, -0.2) is 0 Å². The van der Waals surface area contributed by atoms with Crippen molar-refractivity contribution in [3.8, 4) is 11.8 Å². The topological polar surface area (TPSA) is 46.5 Å². The Balaban J connectivity index is 2.46. The normalized spacial score (nSPS) is 26.6. The van der Waals surface area contributed by atoms with E-state index in [9.17, 15) is 9.90 Å². The van der Waals surface area contributed by atoms with E-state index in [2.05, 4.69) is 56.4 Å². The van der Waals surface area contributed by atoms with Crippen LogP contribution in [0.3, 0.4) is 0 Å². The van der Waals surface area contributed by atoms with Crippen LogP contribution in [0.1, 0.15) is 66.2 Å². The average Bonchev–Trinajstić information content (AvgIpc) is 2.94. The number of esters is 1. The highest BCUT2D eigenvalue weighted by molar-refractivity contribution is 7.99. The molecule has 0 aliphatic heterocycles. The molecule has 6 atom stereocenters. The molecule has 0 aromatic heterocycles. The minimum absolute atomic E-state index is 0.130. The summed E-state index contributed by atoms with van der Waals surface area (Å²) in [4.78, 5) is 11.1. The maximum Gasteiger partial charge on any atom is 0.305 e. The Morgan fingerprint density at radius 2 is 2.07 bits per heavy atom. The van der Waals surface area contributed by atoms with Gasteiger partial charge in [0.15, 0.2) is 0 Å². The Morgan fingerprint density at radius 3 is 2.75 bits per heavy atom. The summed E-state index contributed by atoms with van der Waals surface area (Å²) in [5.74, 6) is 10.7. The number of hydrogen-bond donors (Lipinski definition) is 1. The first kappa shape index (κ1) is 25.1. The first-order valence-corrected chi connectivity index (χ1v) is 12.0. The van der Waals surface area contributed by atoms with Crippen LogP contribution in [-0.2, 0) is 9.53 Å². The lowest BCUT2D eigenvalue weighted by molar-refractivity contribution is -0.140. The predicted octanol–water partition coefficient (Wildman–Crippen LogP) is 5.33. The van der Waals surface area contributed by atoms with Gasteiger partial charge in [0.05, 0.1) is 13.2 Å². The molecule has 0 radical (unpaired) electrons. The van der Waals surface area contributed by atoms with Gasteiger partial charge < -0.3 is 9.84 Å². The van der Waals surface area contributed by atoms with Crippen molar-refractivity contribution >= 4 is 17.7 Å². The van der Waals surface area contributed by atoms with Crippen molar-refractivity contribution < 1.29 is 14.6 Å². The molecule has 0 amide bonds. The molecule has 1 unspecified atom stereocenters. The Hall–Kier alpha value is -0.920. The van der Waals surface area contributed by atoms with Crippen LogP contribution in [0.15, 0.2) is 12.2 Å². The van der Waals surface area contributed by atoms with Crippen LogP contribution in [-0.4, -0.2) is 35.8 Å². The number of ether oxygens (including phenoxy) is 1. The third-order valence-electron chi connectivity index (χ3n) is 6.01. The van der Waals surface area contributed by atoms with Crippen LogP contribution < -0.4 is 0 Å². The highest BCUT2D eigenvalue weighted by atomic mass is 32.2. The summed E-state index contributed by atoms with van der Waals surface area (Å²) >= 11 is 1.88. The monoisotopic (exact) mass is 408 g/mol. The van der Waals surface area contributed by atoms with E-state index >= 15 is 0 Å². The summed E-state index contributed by atoms with van der Waals surface area (Å²) < 4.78 is 4.67. The lowest BCUT2D eigenvalue weighted by atomic mass is 9.85. The lowest BCUT2D eigenvalue weighted by Crippen LogP contribution is -2.20. The lowest BCUT2D eigenvalue weighted by Gasteiger charge is -2.22. The van der Waals surface area contributed by atoms with Crippen LogP contribution >= 0.6 is 11.8 Å². The summed E-state index contributed by atoms with van der Waals surface area (Å²) in [6.07, 6.45) is 9.72. The van der Waals surface area contributed by atoms with Crippen LogP contribution in [0.25, 0.3) is 0 Å². The molecule has 4 heteroatoms. The number of aliphatic hydroxyl groups is 1. The quantitative estimate of drug-likeness (QED) is 0.217. The van der Waals surface area contributed by atoms with E-state index < -0.39 is 0 Å². The molecular weight excluding hydrogens is 368 g/mol. The summed E-state index contributed by atoms with van der Waals surface area (Å²) in [7, 11) is 1.44. The Bertz CT molecular complexity index is 534. The molecule has 1 fully saturated rings. The molecule has 160 valence electrons. The van der Waals surface area contributed by atoms with Crippen molar-refractivity contribution in [3.05, 3.63) is 12.2 Å². The van der Waals surface area contributed by atoms with Gasteiger partial charge in [-0.2, -0.15) is 11.8 Å². The smallest absolute Gasteiger partial charge is 0.305 e. The predicted molar refractivity (Wildman–Crippen MR) is 120 cm³/mol. The van der Waals surface area contributed by atoms with Crippen molar-refractivity contribution in [3.63, 3.8) is 0 Å². The number of methoxy groups -OCH3 is 1. The van der Waals surface area contributed by atoms with Crippen molar-refractivity contribution in [1.29, 1.82) is 0 Å². The van der Waals surface area contributed by atoms with Gasteiger partial charge in [0.25, 0.3) is 0 Å². The molecule has 1 N–H and O–H groups in total. The number of allylic oxidation sites excluding steroid dienone is 2. The van der Waals surface area contributed by atoms with E-state index in [1.54, 1.807) is 0 Å². The molecule has 3 nitrogen and oxygen atoms in total. The molecule has 1 aliphatic carbocycles. The Kier molecular flexibility index (Phi) is 12.7. The summed E-state index contributed by atoms with van der Waals surface area (Å²) in [6.45, 7) is 8.90. The minimum atomic E-state index is -0.191. The van der Waals surface area contributed by atoms with Crippen molar-refractivity contribution in [1.82, 2.24) is 0 Å². The number of carbonyl (C=O) groups excluding carboxylic acids is 1. The fourth-order valence-corrected chi connectivity index (χ4v) is 4.88. The molecule has 0 saturated heterocycles. The van der Waals surface area contributed by atoms with Crippen molar-refractivity contribution in [2.24, 2.45) is 29.6 Å². The van der Waals surface area contributed by atoms with Gasteiger partial charge in [-0.1, -0.05) is 39.8 Å². The second-order valence-corrected chi connectivity index (χ2v) is 9.46. The Morgan fingerprint density at radius 1 is 1.32 bits per heavy atom. The molecule has 0 aromatic rings. The number of hydrogen-bond acceptors (Lipinski definition) is 4. The van der Waals surface area contributed by atoms with Crippen molar-refractivity contribution in [2.45, 2.75) is 72.3 Å². The Labute approximate surface area is 177 Å². The van der Waals surface area contributed by atoms with Crippen LogP contribution in [0.2, 0.25) is 0 Å². The summed E-state index contributed by atoms with van der Waals surface area (Å²) in [5.41, 5.74) is 0. The maximum absolute atomic E-state index is 11.1. The van der Waals surface area contributed by atoms with E-state index in [1.807, 2.05) is 11.8 Å². The van der Waals surface area contributed by atoms with Gasteiger partial charge in [0.1, 0.15) is 0 Å². The average molecular weight is 409 g/mol. The van der Waals surface area contributed by atoms with Gasteiger partial charge in [-0.3, -0.25) is 4.79 Å². The maximum atomic E-state index is 11.1. The summed E-state index contributed by atoms with van der Waals surface area (Å²) in [6, 6.07) is 0. The van der Waals surface area contributed by atoms with Gasteiger partial charge in [0.2, 0.25) is 0 Å². The molecular formula is C24H40O3S. The van der Waals surface area contributed by atoms with E-state index in [4.69, 9.17) is 0 Å². The molecule has 1 aliphatic rings. The molecule has 0 heterocycles. The number of aliphatic hydroxyl groups excluding tert-OH is 1.